The topological polar surface area (TPSA) is 17.1 Å². The summed E-state index contributed by atoms with van der Waals surface area (Å²) in [7, 11) is 0. The molecule has 0 aromatic heterocycles. The van der Waals surface area contributed by atoms with Gasteiger partial charge in [-0.15, -0.1) is 0 Å². The first kappa shape index (κ1) is 7.08. The van der Waals surface area contributed by atoms with Crippen molar-refractivity contribution in [3.8, 4) is 0 Å². The number of ketones is 1. The summed E-state index contributed by atoms with van der Waals surface area (Å²) < 4.78 is 0. The molecule has 1 saturated carbocycles. The molecule has 0 spiro atoms. The number of rotatable bonds is 0. The molecule has 0 N–H and O–H groups in total. The Hall–Kier alpha value is -0.590. The van der Waals surface area contributed by atoms with Crippen molar-refractivity contribution in [1.29, 1.82) is 0 Å². The highest BCUT2D eigenvalue weighted by Crippen LogP contribution is 2.48. The van der Waals surface area contributed by atoms with Crippen molar-refractivity contribution >= 4 is 5.78 Å². The highest BCUT2D eigenvalue weighted by molar-refractivity contribution is 5.82. The molecule has 0 saturated heterocycles. The molecule has 1 nitrogen and oxygen atoms in total. The molecule has 1 heteroatoms. The zero-order chi connectivity index (χ0) is 7.90. The molecule has 2 aliphatic carbocycles. The van der Waals surface area contributed by atoms with Gasteiger partial charge in [-0.3, -0.25) is 4.79 Å². The van der Waals surface area contributed by atoms with Crippen molar-refractivity contribution in [3.05, 3.63) is 12.2 Å². The lowest BCUT2D eigenvalue weighted by molar-refractivity contribution is -0.118. The molecule has 0 heterocycles. The standard InChI is InChI=1S/C10H14O/c1-10-5-3-2-4-8(10)6-9(11)7-10/h2-3,8H,4-7H2,1H3/t8-,10+/m0/s1. The summed E-state index contributed by atoms with van der Waals surface area (Å²) in [5.74, 6) is 1.13. The number of Topliss-reactive ketones (excluding diaryl/α,β-unsaturated/α-hetero) is 1. The molecule has 60 valence electrons. The van der Waals surface area contributed by atoms with Gasteiger partial charge in [-0.05, 0) is 24.2 Å². The molecule has 2 rings (SSSR count). The average molecular weight is 150 g/mol. The highest BCUT2D eigenvalue weighted by atomic mass is 16.1. The molecule has 1 fully saturated rings. The quantitative estimate of drug-likeness (QED) is 0.484. The van der Waals surface area contributed by atoms with E-state index in [0.717, 1.165) is 25.7 Å². The van der Waals surface area contributed by atoms with Crippen molar-refractivity contribution in [3.63, 3.8) is 0 Å². The fourth-order valence-corrected chi connectivity index (χ4v) is 2.41. The van der Waals surface area contributed by atoms with E-state index in [4.69, 9.17) is 0 Å². The average Bonchev–Trinajstić information content (AvgIpc) is 2.22. The SMILES string of the molecule is C[C@]12CC=CC[C@H]1CC(=O)C2. The molecule has 2 aliphatic rings. The van der Waals surface area contributed by atoms with Crippen LogP contribution >= 0.6 is 0 Å². The van der Waals surface area contributed by atoms with Gasteiger partial charge in [0.05, 0.1) is 0 Å². The van der Waals surface area contributed by atoms with Crippen molar-refractivity contribution in [2.75, 3.05) is 0 Å². The molecule has 0 aromatic rings. The minimum Gasteiger partial charge on any atom is -0.300 e. The zero-order valence-electron chi connectivity index (χ0n) is 6.97. The third-order valence-electron chi connectivity index (χ3n) is 3.23. The molecule has 0 bridgehead atoms. The van der Waals surface area contributed by atoms with E-state index in [2.05, 4.69) is 19.1 Å². The van der Waals surface area contributed by atoms with E-state index in [0.29, 0.717) is 17.1 Å². The second-order valence-electron chi connectivity index (χ2n) is 4.18. The molecular weight excluding hydrogens is 136 g/mol. The van der Waals surface area contributed by atoms with Crippen molar-refractivity contribution < 1.29 is 4.79 Å². The maximum Gasteiger partial charge on any atom is 0.133 e. The van der Waals surface area contributed by atoms with Crippen LogP contribution in [0.3, 0.4) is 0 Å². The number of allylic oxidation sites excluding steroid dienone is 2. The Kier molecular flexibility index (Phi) is 1.41. The lowest BCUT2D eigenvalue weighted by Gasteiger charge is -2.31. The van der Waals surface area contributed by atoms with E-state index < -0.39 is 0 Å². The first-order valence-electron chi connectivity index (χ1n) is 4.37. The molecule has 0 aromatic carbocycles. The molecule has 0 aliphatic heterocycles. The van der Waals surface area contributed by atoms with E-state index in [-0.39, 0.29) is 0 Å². The molecule has 2 atom stereocenters. The van der Waals surface area contributed by atoms with Crippen LogP contribution < -0.4 is 0 Å². The predicted octanol–water partition coefficient (Wildman–Crippen LogP) is 2.32. The smallest absolute Gasteiger partial charge is 0.133 e. The van der Waals surface area contributed by atoms with Gasteiger partial charge >= 0.3 is 0 Å². The minimum atomic E-state index is 0.325. The number of hydrogen-bond donors (Lipinski definition) is 0. The Balaban J connectivity index is 2.24. The first-order valence-corrected chi connectivity index (χ1v) is 4.37. The molecule has 0 unspecified atom stereocenters. The van der Waals surface area contributed by atoms with Crippen LogP contribution in [0.15, 0.2) is 12.2 Å². The predicted molar refractivity (Wildman–Crippen MR) is 44.2 cm³/mol. The van der Waals surface area contributed by atoms with Crippen LogP contribution in [0, 0.1) is 11.3 Å². The number of fused-ring (bicyclic) bond motifs is 1. The van der Waals surface area contributed by atoms with Crippen LogP contribution in [-0.2, 0) is 4.79 Å². The van der Waals surface area contributed by atoms with Gasteiger partial charge in [0.1, 0.15) is 5.78 Å². The van der Waals surface area contributed by atoms with E-state index in [1.165, 1.54) is 0 Å². The summed E-state index contributed by atoms with van der Waals surface area (Å²) >= 11 is 0. The van der Waals surface area contributed by atoms with Crippen LogP contribution in [0.1, 0.15) is 32.6 Å². The van der Waals surface area contributed by atoms with Gasteiger partial charge in [-0.25, -0.2) is 0 Å². The van der Waals surface area contributed by atoms with E-state index >= 15 is 0 Å². The summed E-state index contributed by atoms with van der Waals surface area (Å²) in [4.78, 5) is 11.2. The second-order valence-corrected chi connectivity index (χ2v) is 4.18. The Morgan fingerprint density at radius 3 is 3.09 bits per heavy atom. The van der Waals surface area contributed by atoms with Gasteiger partial charge in [0.2, 0.25) is 0 Å². The van der Waals surface area contributed by atoms with Crippen molar-refractivity contribution in [1.82, 2.24) is 0 Å². The van der Waals surface area contributed by atoms with E-state index in [1.807, 2.05) is 0 Å². The van der Waals surface area contributed by atoms with E-state index in [9.17, 15) is 4.79 Å². The number of hydrogen-bond acceptors (Lipinski definition) is 1. The fraction of sp³-hybridized carbons (Fsp3) is 0.700. The largest absolute Gasteiger partial charge is 0.300 e. The van der Waals surface area contributed by atoms with Crippen molar-refractivity contribution in [2.24, 2.45) is 11.3 Å². The molecule has 0 radical (unpaired) electrons. The monoisotopic (exact) mass is 150 g/mol. The fourth-order valence-electron chi connectivity index (χ4n) is 2.41. The molecule has 11 heavy (non-hydrogen) atoms. The van der Waals surface area contributed by atoms with Gasteiger partial charge in [-0.2, -0.15) is 0 Å². The summed E-state index contributed by atoms with van der Waals surface area (Å²) in [5, 5.41) is 0. The molecule has 0 amide bonds. The Morgan fingerprint density at radius 2 is 2.36 bits per heavy atom. The molecular formula is C10H14O. The van der Waals surface area contributed by atoms with Gasteiger partial charge < -0.3 is 0 Å². The number of carbonyl (C=O) groups is 1. The first-order chi connectivity index (χ1) is 5.21. The minimum absolute atomic E-state index is 0.325. The maximum atomic E-state index is 11.2. The van der Waals surface area contributed by atoms with E-state index in [1.54, 1.807) is 0 Å². The van der Waals surface area contributed by atoms with Gasteiger partial charge in [0, 0.05) is 12.8 Å². The van der Waals surface area contributed by atoms with Crippen molar-refractivity contribution in [2.45, 2.75) is 32.6 Å². The van der Waals surface area contributed by atoms with Crippen LogP contribution in [0.5, 0.6) is 0 Å². The maximum absolute atomic E-state index is 11.2. The lowest BCUT2D eigenvalue weighted by atomic mass is 9.73. The lowest BCUT2D eigenvalue weighted by Crippen LogP contribution is -2.22. The van der Waals surface area contributed by atoms with Gasteiger partial charge in [-0.1, -0.05) is 19.1 Å². The summed E-state index contributed by atoms with van der Waals surface area (Å²) in [5.41, 5.74) is 0.325. The number of carbonyl (C=O) groups excluding carboxylic acids is 1. The highest BCUT2D eigenvalue weighted by Gasteiger charge is 2.42. The normalized spacial score (nSPS) is 42.6. The third kappa shape index (κ3) is 1.03. The summed E-state index contributed by atoms with van der Waals surface area (Å²) in [6, 6.07) is 0. The Bertz CT molecular complexity index is 217. The van der Waals surface area contributed by atoms with Gasteiger partial charge in [0.25, 0.3) is 0 Å². The van der Waals surface area contributed by atoms with Crippen LogP contribution in [0.4, 0.5) is 0 Å². The zero-order valence-corrected chi connectivity index (χ0v) is 6.97. The summed E-state index contributed by atoms with van der Waals surface area (Å²) in [6.45, 7) is 2.26. The second kappa shape index (κ2) is 2.20. The Labute approximate surface area is 67.5 Å². The van der Waals surface area contributed by atoms with Crippen LogP contribution in [0.25, 0.3) is 0 Å². The Morgan fingerprint density at radius 1 is 1.55 bits per heavy atom. The van der Waals surface area contributed by atoms with Gasteiger partial charge in [0.15, 0.2) is 0 Å². The van der Waals surface area contributed by atoms with Crippen LogP contribution in [-0.4, -0.2) is 5.78 Å². The summed E-state index contributed by atoms with van der Waals surface area (Å²) in [6.07, 6.45) is 8.36. The third-order valence-corrected chi connectivity index (χ3v) is 3.23. The van der Waals surface area contributed by atoms with Crippen LogP contribution in [0.2, 0.25) is 0 Å².